The lowest BCUT2D eigenvalue weighted by Crippen LogP contribution is -2.48. The van der Waals surface area contributed by atoms with E-state index in [1.54, 1.807) is 25.1 Å². The van der Waals surface area contributed by atoms with Gasteiger partial charge in [-0.25, -0.2) is 9.59 Å². The first-order chi connectivity index (χ1) is 13.4. The maximum absolute atomic E-state index is 12.4. The quantitative estimate of drug-likeness (QED) is 0.791. The predicted octanol–water partition coefficient (Wildman–Crippen LogP) is 3.10. The smallest absolute Gasteiger partial charge is 0.339 e. The minimum absolute atomic E-state index is 0.0651. The molecule has 148 valence electrons. The second-order valence-corrected chi connectivity index (χ2v) is 7.29. The zero-order valence-corrected chi connectivity index (χ0v) is 16.2. The lowest BCUT2D eigenvalue weighted by Gasteiger charge is -2.29. The number of ether oxygens (including phenoxy) is 1. The number of benzene rings is 1. The zero-order chi connectivity index (χ0) is 20.1. The van der Waals surface area contributed by atoms with Crippen molar-refractivity contribution in [2.24, 2.45) is 5.92 Å². The fourth-order valence-electron chi connectivity index (χ4n) is 3.58. The number of nitrogens with one attached hydrogen (secondary N) is 2. The van der Waals surface area contributed by atoms with Crippen molar-refractivity contribution in [2.75, 3.05) is 6.61 Å². The van der Waals surface area contributed by atoms with Crippen LogP contribution in [0.2, 0.25) is 0 Å². The summed E-state index contributed by atoms with van der Waals surface area (Å²) in [6.45, 7) is 3.35. The minimum atomic E-state index is -0.663. The van der Waals surface area contributed by atoms with E-state index >= 15 is 0 Å². The highest BCUT2D eigenvalue weighted by Gasteiger charge is 2.23. The van der Waals surface area contributed by atoms with Crippen LogP contribution >= 0.6 is 0 Å². The lowest BCUT2D eigenvalue weighted by atomic mass is 9.86. The molecule has 2 atom stereocenters. The number of para-hydroxylation sites is 1. The number of aryl methyl sites for hydroxylation is 1. The van der Waals surface area contributed by atoms with Crippen molar-refractivity contribution in [3.63, 3.8) is 0 Å². The Kier molecular flexibility index (Phi) is 6.23. The number of aromatic nitrogens is 1. The van der Waals surface area contributed by atoms with E-state index in [1.807, 2.05) is 12.1 Å². The molecule has 3 rings (SSSR count). The van der Waals surface area contributed by atoms with E-state index in [0.717, 1.165) is 19.3 Å². The molecular weight excluding hydrogens is 358 g/mol. The molecule has 0 saturated heterocycles. The van der Waals surface area contributed by atoms with Crippen LogP contribution in [0.4, 0.5) is 4.79 Å². The van der Waals surface area contributed by atoms with Gasteiger partial charge in [-0.15, -0.1) is 0 Å². The van der Waals surface area contributed by atoms with Gasteiger partial charge >= 0.3 is 12.0 Å². The molecule has 2 N–H and O–H groups in total. The van der Waals surface area contributed by atoms with Gasteiger partial charge in [-0.2, -0.15) is 0 Å². The number of rotatable bonds is 4. The number of carbonyl (C=O) groups excluding carboxylic acids is 3. The van der Waals surface area contributed by atoms with Crippen molar-refractivity contribution in [2.45, 2.75) is 45.6 Å². The molecule has 1 aliphatic rings. The molecule has 0 unspecified atom stereocenters. The number of esters is 1. The molecular formula is C21H25N3O4. The lowest BCUT2D eigenvalue weighted by molar-refractivity contribution is -0.123. The maximum atomic E-state index is 12.4. The molecule has 0 radical (unpaired) electrons. The van der Waals surface area contributed by atoms with Crippen LogP contribution < -0.4 is 10.6 Å². The summed E-state index contributed by atoms with van der Waals surface area (Å²) in [4.78, 5) is 40.8. The molecule has 1 saturated carbocycles. The Morgan fingerprint density at radius 2 is 1.93 bits per heavy atom. The topological polar surface area (TPSA) is 97.4 Å². The number of imide groups is 1. The predicted molar refractivity (Wildman–Crippen MR) is 105 cm³/mol. The van der Waals surface area contributed by atoms with Crippen molar-refractivity contribution >= 4 is 28.8 Å². The third-order valence-corrected chi connectivity index (χ3v) is 5.08. The van der Waals surface area contributed by atoms with Gasteiger partial charge in [-0.05, 0) is 37.8 Å². The first kappa shape index (κ1) is 19.8. The van der Waals surface area contributed by atoms with Crippen molar-refractivity contribution < 1.29 is 19.1 Å². The van der Waals surface area contributed by atoms with Crippen molar-refractivity contribution in [1.29, 1.82) is 0 Å². The van der Waals surface area contributed by atoms with Gasteiger partial charge in [-0.3, -0.25) is 15.1 Å². The third-order valence-electron chi connectivity index (χ3n) is 5.08. The molecule has 7 nitrogen and oxygen atoms in total. The normalized spacial score (nSPS) is 19.1. The summed E-state index contributed by atoms with van der Waals surface area (Å²) in [7, 11) is 0. The molecule has 1 fully saturated rings. The standard InChI is InChI=1S/C21H25N3O4/c1-13-7-3-5-9-17(13)23-21(27)24-19(25)12-28-20(26)16-11-14(2)22-18-10-6-4-8-15(16)18/h4,6,8,10-11,13,17H,3,5,7,9,12H2,1-2H3,(H2,23,24,25,27)/t13-,17-/m0/s1. The van der Waals surface area contributed by atoms with Gasteiger partial charge in [0, 0.05) is 17.1 Å². The summed E-state index contributed by atoms with van der Waals surface area (Å²) >= 11 is 0. The molecule has 0 aliphatic heterocycles. The highest BCUT2D eigenvalue weighted by molar-refractivity contribution is 6.04. The van der Waals surface area contributed by atoms with Crippen LogP contribution in [0.25, 0.3) is 10.9 Å². The molecule has 1 aliphatic carbocycles. The molecule has 28 heavy (non-hydrogen) atoms. The van der Waals surface area contributed by atoms with Crippen LogP contribution in [-0.4, -0.2) is 35.5 Å². The molecule has 0 bridgehead atoms. The number of urea groups is 1. The molecule has 1 aromatic heterocycles. The first-order valence-corrected chi connectivity index (χ1v) is 9.58. The zero-order valence-electron chi connectivity index (χ0n) is 16.2. The Morgan fingerprint density at radius 1 is 1.18 bits per heavy atom. The van der Waals surface area contributed by atoms with Crippen molar-refractivity contribution in [3.8, 4) is 0 Å². The Balaban J connectivity index is 1.54. The highest BCUT2D eigenvalue weighted by atomic mass is 16.5. The maximum Gasteiger partial charge on any atom is 0.339 e. The number of fused-ring (bicyclic) bond motifs is 1. The van der Waals surface area contributed by atoms with Gasteiger partial charge in [-0.1, -0.05) is 38.0 Å². The van der Waals surface area contributed by atoms with Gasteiger partial charge in [0.2, 0.25) is 0 Å². The second kappa shape index (κ2) is 8.82. The largest absolute Gasteiger partial charge is 0.452 e. The SMILES string of the molecule is Cc1cc(C(=O)OCC(=O)NC(=O)N[C@H]2CCCC[C@@H]2C)c2ccccc2n1. The average Bonchev–Trinajstić information content (AvgIpc) is 2.67. The van der Waals surface area contributed by atoms with Gasteiger partial charge in [0.15, 0.2) is 6.61 Å². The van der Waals surface area contributed by atoms with Gasteiger partial charge in [0.05, 0.1) is 11.1 Å². The Morgan fingerprint density at radius 3 is 2.71 bits per heavy atom. The van der Waals surface area contributed by atoms with Gasteiger partial charge < -0.3 is 10.1 Å². The fraction of sp³-hybridized carbons (Fsp3) is 0.429. The molecule has 7 heteroatoms. The summed E-state index contributed by atoms with van der Waals surface area (Å²) in [5.41, 5.74) is 1.70. The van der Waals surface area contributed by atoms with E-state index in [1.165, 1.54) is 6.42 Å². The summed E-state index contributed by atoms with van der Waals surface area (Å²) in [5.74, 6) is -0.904. The molecule has 1 heterocycles. The van der Waals surface area contributed by atoms with E-state index < -0.39 is 24.5 Å². The Hall–Kier alpha value is -2.96. The van der Waals surface area contributed by atoms with E-state index in [0.29, 0.717) is 28.1 Å². The van der Waals surface area contributed by atoms with Crippen molar-refractivity contribution in [1.82, 2.24) is 15.6 Å². The summed E-state index contributed by atoms with van der Waals surface area (Å²) in [6, 6.07) is 8.36. The molecule has 0 spiro atoms. The van der Waals surface area contributed by atoms with Gasteiger partial charge in [0.25, 0.3) is 5.91 Å². The van der Waals surface area contributed by atoms with Crippen LogP contribution in [0.3, 0.4) is 0 Å². The minimum Gasteiger partial charge on any atom is -0.452 e. The Labute approximate surface area is 163 Å². The average molecular weight is 383 g/mol. The van der Waals surface area contributed by atoms with Crippen LogP contribution in [0.15, 0.2) is 30.3 Å². The number of hydrogen-bond acceptors (Lipinski definition) is 5. The number of carbonyl (C=O) groups is 3. The number of nitrogens with zero attached hydrogens (tertiary/aromatic N) is 1. The van der Waals surface area contributed by atoms with Crippen molar-refractivity contribution in [3.05, 3.63) is 41.6 Å². The van der Waals surface area contributed by atoms with E-state index in [2.05, 4.69) is 22.5 Å². The van der Waals surface area contributed by atoms with Crippen LogP contribution in [0.5, 0.6) is 0 Å². The van der Waals surface area contributed by atoms with E-state index in [-0.39, 0.29) is 6.04 Å². The first-order valence-electron chi connectivity index (χ1n) is 9.58. The number of pyridine rings is 1. The van der Waals surface area contributed by atoms with Crippen LogP contribution in [-0.2, 0) is 9.53 Å². The monoisotopic (exact) mass is 383 g/mol. The molecule has 2 aromatic rings. The van der Waals surface area contributed by atoms with E-state index in [4.69, 9.17) is 4.74 Å². The number of amides is 3. The summed E-state index contributed by atoms with van der Waals surface area (Å²) < 4.78 is 5.11. The Bertz CT molecular complexity index is 896. The van der Waals surface area contributed by atoms with E-state index in [9.17, 15) is 14.4 Å². The summed E-state index contributed by atoms with van der Waals surface area (Å²) in [5, 5.41) is 5.71. The van der Waals surface area contributed by atoms with Gasteiger partial charge in [0.1, 0.15) is 0 Å². The molecule has 1 aromatic carbocycles. The summed E-state index contributed by atoms with van der Waals surface area (Å²) in [6.07, 6.45) is 4.21. The van der Waals surface area contributed by atoms with Crippen LogP contribution in [0.1, 0.15) is 48.7 Å². The fourth-order valence-corrected chi connectivity index (χ4v) is 3.58. The molecule has 3 amide bonds. The highest BCUT2D eigenvalue weighted by Crippen LogP contribution is 2.23. The third kappa shape index (κ3) is 4.85. The number of hydrogen-bond donors (Lipinski definition) is 2. The van der Waals surface area contributed by atoms with Crippen LogP contribution in [0, 0.1) is 12.8 Å². The second-order valence-electron chi connectivity index (χ2n) is 7.29.